The number of aliphatic carboxylic acids is 1. The first kappa shape index (κ1) is 30.2. The van der Waals surface area contributed by atoms with Gasteiger partial charge in [-0.05, 0) is 37.3 Å². The standard InChI is InChI=1S/C31H26FN3O8/c1-18(34(31(42)43-2)17-19-9-3-7-13-23(19)32)27(36)33-24-15-16-26(21-11-5-4-10-20(21)24)35(28(37)30(40)41)25-14-8-6-12-22(25)29(38)39/h3-16,18H,17H2,1-2H3,(H,33,36)(H,38,39)(H,40,41)/t18-/m0/s1. The van der Waals surface area contributed by atoms with Crippen LogP contribution in [0.15, 0.2) is 84.9 Å². The first-order chi connectivity index (χ1) is 20.5. The van der Waals surface area contributed by atoms with Crippen LogP contribution in [-0.4, -0.2) is 58.1 Å². The summed E-state index contributed by atoms with van der Waals surface area (Å²) in [5.74, 6) is -5.78. The van der Waals surface area contributed by atoms with Crippen molar-refractivity contribution in [1.29, 1.82) is 0 Å². The number of nitrogens with zero attached hydrogens (tertiary/aromatic N) is 2. The van der Waals surface area contributed by atoms with E-state index < -0.39 is 41.7 Å². The summed E-state index contributed by atoms with van der Waals surface area (Å²) in [6, 6.07) is 19.4. The lowest BCUT2D eigenvalue weighted by molar-refractivity contribution is -0.148. The third-order valence-electron chi connectivity index (χ3n) is 6.72. The molecule has 0 aromatic heterocycles. The van der Waals surface area contributed by atoms with Crippen LogP contribution in [0.2, 0.25) is 0 Å². The summed E-state index contributed by atoms with van der Waals surface area (Å²) < 4.78 is 19.2. The number of carbonyl (C=O) groups is 5. The van der Waals surface area contributed by atoms with Crippen molar-refractivity contribution in [2.45, 2.75) is 19.5 Å². The van der Waals surface area contributed by atoms with Crippen LogP contribution in [0.25, 0.3) is 10.8 Å². The molecule has 4 aromatic rings. The van der Waals surface area contributed by atoms with Crippen molar-refractivity contribution in [3.8, 4) is 0 Å². The zero-order chi connectivity index (χ0) is 31.3. The van der Waals surface area contributed by atoms with E-state index in [0.29, 0.717) is 10.8 Å². The third kappa shape index (κ3) is 6.27. The number of ether oxygens (including phenoxy) is 1. The number of carboxylic acid groups (broad SMARTS) is 2. The molecule has 0 radical (unpaired) electrons. The van der Waals surface area contributed by atoms with E-state index in [4.69, 9.17) is 4.74 Å². The van der Waals surface area contributed by atoms with Gasteiger partial charge < -0.3 is 20.3 Å². The quantitative estimate of drug-likeness (QED) is 0.243. The highest BCUT2D eigenvalue weighted by Gasteiger charge is 2.31. The summed E-state index contributed by atoms with van der Waals surface area (Å²) in [5.41, 5.74) is 0.0109. The van der Waals surface area contributed by atoms with E-state index >= 15 is 0 Å². The topological polar surface area (TPSA) is 154 Å². The van der Waals surface area contributed by atoms with Crippen molar-refractivity contribution in [1.82, 2.24) is 4.90 Å². The number of carboxylic acids is 2. The molecule has 0 aliphatic rings. The molecule has 0 spiro atoms. The second-order valence-corrected chi connectivity index (χ2v) is 9.30. The molecule has 4 aromatic carbocycles. The van der Waals surface area contributed by atoms with Crippen LogP contribution in [-0.2, 0) is 25.7 Å². The van der Waals surface area contributed by atoms with Crippen LogP contribution in [0.4, 0.5) is 26.2 Å². The molecule has 220 valence electrons. The Morgan fingerprint density at radius 3 is 2.12 bits per heavy atom. The third-order valence-corrected chi connectivity index (χ3v) is 6.72. The minimum atomic E-state index is -1.81. The van der Waals surface area contributed by atoms with Gasteiger partial charge in [0.05, 0.1) is 30.6 Å². The molecule has 43 heavy (non-hydrogen) atoms. The van der Waals surface area contributed by atoms with Gasteiger partial charge >= 0.3 is 23.9 Å². The summed E-state index contributed by atoms with van der Waals surface area (Å²) in [4.78, 5) is 64.5. The van der Waals surface area contributed by atoms with Gasteiger partial charge in [-0.3, -0.25) is 19.4 Å². The number of fused-ring (bicyclic) bond motifs is 1. The Morgan fingerprint density at radius 2 is 1.47 bits per heavy atom. The Balaban J connectivity index is 1.75. The first-order valence-electron chi connectivity index (χ1n) is 12.9. The Labute approximate surface area is 244 Å². The highest BCUT2D eigenvalue weighted by molar-refractivity contribution is 6.40. The molecule has 0 unspecified atom stereocenters. The molecular formula is C31H26FN3O8. The summed E-state index contributed by atoms with van der Waals surface area (Å²) >= 11 is 0. The maximum atomic E-state index is 14.3. The predicted molar refractivity (Wildman–Crippen MR) is 155 cm³/mol. The number of aromatic carboxylic acids is 1. The zero-order valence-corrected chi connectivity index (χ0v) is 23.0. The van der Waals surface area contributed by atoms with Gasteiger partial charge in [-0.15, -0.1) is 0 Å². The number of benzene rings is 4. The average Bonchev–Trinajstić information content (AvgIpc) is 3.01. The van der Waals surface area contributed by atoms with Crippen LogP contribution >= 0.6 is 0 Å². The molecule has 0 saturated heterocycles. The fourth-order valence-corrected chi connectivity index (χ4v) is 4.55. The van der Waals surface area contributed by atoms with Gasteiger partial charge in [0.25, 0.3) is 0 Å². The van der Waals surface area contributed by atoms with Crippen molar-refractivity contribution in [2.75, 3.05) is 17.3 Å². The van der Waals surface area contributed by atoms with Crippen LogP contribution in [0.1, 0.15) is 22.8 Å². The van der Waals surface area contributed by atoms with Gasteiger partial charge in [-0.2, -0.15) is 0 Å². The summed E-state index contributed by atoms with van der Waals surface area (Å²) in [6.07, 6.45) is -0.856. The minimum Gasteiger partial charge on any atom is -0.478 e. The average molecular weight is 588 g/mol. The summed E-state index contributed by atoms with van der Waals surface area (Å²) in [6.45, 7) is 1.20. The Hall–Kier alpha value is -5.78. The number of rotatable bonds is 8. The number of hydrogen-bond acceptors (Lipinski definition) is 6. The molecule has 12 heteroatoms. The van der Waals surface area contributed by atoms with Gasteiger partial charge in [-0.1, -0.05) is 54.6 Å². The lowest BCUT2D eigenvalue weighted by Gasteiger charge is -2.28. The normalized spacial score (nSPS) is 11.3. The molecule has 1 atom stereocenters. The highest BCUT2D eigenvalue weighted by Crippen LogP contribution is 2.37. The van der Waals surface area contributed by atoms with Crippen LogP contribution in [0, 0.1) is 5.82 Å². The molecule has 4 rings (SSSR count). The van der Waals surface area contributed by atoms with Crippen LogP contribution in [0.3, 0.4) is 0 Å². The smallest absolute Gasteiger partial charge is 0.410 e. The van der Waals surface area contributed by atoms with Crippen LogP contribution < -0.4 is 10.2 Å². The monoisotopic (exact) mass is 587 g/mol. The SMILES string of the molecule is COC(=O)N(Cc1ccccc1F)[C@@H](C)C(=O)Nc1ccc(N(C(=O)C(=O)O)c2ccccc2C(=O)O)c2ccccc12. The second kappa shape index (κ2) is 12.8. The van der Waals surface area contributed by atoms with E-state index in [1.807, 2.05) is 0 Å². The summed E-state index contributed by atoms with van der Waals surface area (Å²) in [5, 5.41) is 22.7. The van der Waals surface area contributed by atoms with Crippen molar-refractivity contribution in [2.24, 2.45) is 0 Å². The van der Waals surface area contributed by atoms with Crippen molar-refractivity contribution in [3.63, 3.8) is 0 Å². The van der Waals surface area contributed by atoms with Crippen LogP contribution in [0.5, 0.6) is 0 Å². The molecule has 0 aliphatic carbocycles. The molecule has 0 heterocycles. The number of carbonyl (C=O) groups excluding carboxylic acids is 3. The summed E-state index contributed by atoms with van der Waals surface area (Å²) in [7, 11) is 1.14. The number of amides is 3. The van der Waals surface area contributed by atoms with Crippen molar-refractivity contribution < 1.29 is 43.3 Å². The molecule has 11 nitrogen and oxygen atoms in total. The van der Waals surface area contributed by atoms with Gasteiger partial charge in [0.15, 0.2) is 0 Å². The van der Waals surface area contributed by atoms with E-state index in [-0.39, 0.29) is 34.7 Å². The first-order valence-corrected chi connectivity index (χ1v) is 12.9. The molecule has 3 N–H and O–H groups in total. The number of anilines is 3. The zero-order valence-electron chi connectivity index (χ0n) is 23.0. The number of nitrogens with one attached hydrogen (secondary N) is 1. The Kier molecular flexibility index (Phi) is 8.99. The van der Waals surface area contributed by atoms with Crippen molar-refractivity contribution >= 4 is 57.7 Å². The van der Waals surface area contributed by atoms with Gasteiger partial charge in [0.2, 0.25) is 5.91 Å². The second-order valence-electron chi connectivity index (χ2n) is 9.30. The molecule has 3 amide bonds. The van der Waals surface area contributed by atoms with E-state index in [9.17, 15) is 38.6 Å². The van der Waals surface area contributed by atoms with E-state index in [0.717, 1.165) is 16.9 Å². The lowest BCUT2D eigenvalue weighted by atomic mass is 10.0. The largest absolute Gasteiger partial charge is 0.478 e. The van der Waals surface area contributed by atoms with Gasteiger partial charge in [0.1, 0.15) is 11.9 Å². The highest BCUT2D eigenvalue weighted by atomic mass is 19.1. The van der Waals surface area contributed by atoms with Gasteiger partial charge in [-0.25, -0.2) is 18.8 Å². The minimum absolute atomic E-state index is 0.0542. The Bertz CT molecular complexity index is 1740. The number of para-hydroxylation sites is 1. The number of halogens is 1. The fourth-order valence-electron chi connectivity index (χ4n) is 4.55. The lowest BCUT2D eigenvalue weighted by Crippen LogP contribution is -2.45. The Morgan fingerprint density at radius 1 is 0.837 bits per heavy atom. The molecule has 0 aliphatic heterocycles. The number of methoxy groups -OCH3 is 1. The maximum absolute atomic E-state index is 14.3. The maximum Gasteiger partial charge on any atom is 0.410 e. The van der Waals surface area contributed by atoms with E-state index in [2.05, 4.69) is 5.32 Å². The van der Waals surface area contributed by atoms with E-state index in [1.54, 1.807) is 30.3 Å². The molecule has 0 saturated carbocycles. The number of hydrogen-bond donors (Lipinski definition) is 3. The predicted octanol–water partition coefficient (Wildman–Crippen LogP) is 5.02. The molecular weight excluding hydrogens is 561 g/mol. The molecule has 0 bridgehead atoms. The molecule has 0 fully saturated rings. The van der Waals surface area contributed by atoms with Gasteiger partial charge in [0, 0.05) is 22.0 Å². The van der Waals surface area contributed by atoms with Crippen molar-refractivity contribution in [3.05, 3.63) is 102 Å². The fraction of sp³-hybridized carbons (Fsp3) is 0.129. The van der Waals surface area contributed by atoms with E-state index in [1.165, 1.54) is 61.5 Å².